The van der Waals surface area contributed by atoms with E-state index in [0.29, 0.717) is 6.54 Å². The first-order chi connectivity index (χ1) is 7.36. The number of hydrogen-bond acceptors (Lipinski definition) is 4. The smallest absolute Gasteiger partial charge is 0.238 e. The number of aromatic nitrogens is 2. The lowest BCUT2D eigenvalue weighted by molar-refractivity contribution is -0.122. The minimum absolute atomic E-state index is 0.0169. The van der Waals surface area contributed by atoms with Gasteiger partial charge in [-0.3, -0.25) is 15.2 Å². The third-order valence-corrected chi connectivity index (χ3v) is 3.22. The second-order valence-electron chi connectivity index (χ2n) is 3.39. The lowest BCUT2D eigenvalue weighted by atomic mass is 10.3. The van der Waals surface area contributed by atoms with Crippen LogP contribution in [-0.2, 0) is 11.2 Å². The van der Waals surface area contributed by atoms with E-state index in [0.717, 1.165) is 23.7 Å². The maximum atomic E-state index is 11.6. The van der Waals surface area contributed by atoms with E-state index in [-0.39, 0.29) is 11.9 Å². The third-order valence-electron chi connectivity index (χ3n) is 2.28. The van der Waals surface area contributed by atoms with Gasteiger partial charge in [-0.1, -0.05) is 0 Å². The quantitative estimate of drug-likeness (QED) is 0.661. The minimum Gasteiger partial charge on any atom is -0.354 e. The van der Waals surface area contributed by atoms with Gasteiger partial charge in [0.05, 0.1) is 6.04 Å². The maximum absolute atomic E-state index is 11.6. The van der Waals surface area contributed by atoms with Gasteiger partial charge in [-0.2, -0.15) is 5.10 Å². The van der Waals surface area contributed by atoms with E-state index >= 15 is 0 Å². The van der Waals surface area contributed by atoms with Gasteiger partial charge < -0.3 is 5.32 Å². The molecule has 0 aliphatic carbocycles. The largest absolute Gasteiger partial charge is 0.354 e. The van der Waals surface area contributed by atoms with Crippen molar-refractivity contribution in [3.63, 3.8) is 0 Å². The molecule has 2 rings (SSSR count). The Morgan fingerprint density at radius 2 is 2.67 bits per heavy atom. The number of rotatable bonds is 4. The van der Waals surface area contributed by atoms with Crippen LogP contribution in [0.2, 0.25) is 0 Å². The molecule has 1 unspecified atom stereocenters. The van der Waals surface area contributed by atoms with E-state index in [1.807, 2.05) is 6.07 Å². The molecule has 1 aromatic rings. The molecule has 1 saturated heterocycles. The number of carbonyl (C=O) groups excluding carboxylic acids is 1. The van der Waals surface area contributed by atoms with Gasteiger partial charge in [-0.05, 0) is 6.07 Å². The molecule has 2 heterocycles. The van der Waals surface area contributed by atoms with E-state index in [1.54, 1.807) is 18.0 Å². The molecule has 1 atom stereocenters. The van der Waals surface area contributed by atoms with Crippen molar-refractivity contribution < 1.29 is 4.79 Å². The van der Waals surface area contributed by atoms with Crippen molar-refractivity contribution in [2.45, 2.75) is 12.5 Å². The van der Waals surface area contributed by atoms with Crippen LogP contribution in [0.4, 0.5) is 0 Å². The van der Waals surface area contributed by atoms with Crippen LogP contribution in [-0.4, -0.2) is 40.3 Å². The van der Waals surface area contributed by atoms with Crippen molar-refractivity contribution in [2.24, 2.45) is 0 Å². The fourth-order valence-electron chi connectivity index (χ4n) is 1.43. The Balaban J connectivity index is 1.67. The van der Waals surface area contributed by atoms with Crippen LogP contribution in [0.25, 0.3) is 0 Å². The summed E-state index contributed by atoms with van der Waals surface area (Å²) in [5, 5.41) is 12.7. The third kappa shape index (κ3) is 2.97. The van der Waals surface area contributed by atoms with Crippen molar-refractivity contribution in [1.29, 1.82) is 0 Å². The van der Waals surface area contributed by atoms with Gasteiger partial charge in [-0.25, -0.2) is 0 Å². The zero-order chi connectivity index (χ0) is 10.5. The number of hydrogen-bond donors (Lipinski definition) is 3. The molecule has 0 radical (unpaired) electrons. The number of aromatic amines is 1. The molecule has 82 valence electrons. The summed E-state index contributed by atoms with van der Waals surface area (Å²) in [5.41, 5.74) is 1.05. The normalized spacial score (nSPS) is 20.4. The van der Waals surface area contributed by atoms with Crippen LogP contribution < -0.4 is 10.6 Å². The SMILES string of the molecule is O=C(NCCc1ccn[nH]1)C1CSCN1. The number of nitrogens with one attached hydrogen (secondary N) is 3. The van der Waals surface area contributed by atoms with E-state index in [9.17, 15) is 4.79 Å². The predicted octanol–water partition coefficient (Wildman–Crippen LogP) is -0.269. The highest BCUT2D eigenvalue weighted by atomic mass is 32.2. The van der Waals surface area contributed by atoms with Gasteiger partial charge in [0, 0.05) is 36.5 Å². The maximum Gasteiger partial charge on any atom is 0.238 e. The minimum atomic E-state index is -0.0169. The highest BCUT2D eigenvalue weighted by molar-refractivity contribution is 7.99. The molecule has 15 heavy (non-hydrogen) atoms. The van der Waals surface area contributed by atoms with E-state index in [1.165, 1.54) is 0 Å². The topological polar surface area (TPSA) is 69.8 Å². The molecule has 3 N–H and O–H groups in total. The van der Waals surface area contributed by atoms with Crippen LogP contribution in [0.1, 0.15) is 5.69 Å². The first-order valence-electron chi connectivity index (χ1n) is 4.93. The second-order valence-corrected chi connectivity index (χ2v) is 4.43. The average molecular weight is 226 g/mol. The van der Waals surface area contributed by atoms with Crippen molar-refractivity contribution in [2.75, 3.05) is 18.2 Å². The highest BCUT2D eigenvalue weighted by Gasteiger charge is 2.21. The van der Waals surface area contributed by atoms with Crippen molar-refractivity contribution in [3.8, 4) is 0 Å². The first-order valence-corrected chi connectivity index (χ1v) is 6.09. The molecule has 1 fully saturated rings. The van der Waals surface area contributed by atoms with Crippen LogP contribution in [0, 0.1) is 0 Å². The summed E-state index contributed by atoms with van der Waals surface area (Å²) in [7, 11) is 0. The summed E-state index contributed by atoms with van der Waals surface area (Å²) >= 11 is 1.75. The lowest BCUT2D eigenvalue weighted by Gasteiger charge is -2.09. The molecule has 0 spiro atoms. The molecule has 1 aliphatic rings. The fraction of sp³-hybridized carbons (Fsp3) is 0.556. The Morgan fingerprint density at radius 3 is 3.33 bits per heavy atom. The molecule has 1 aliphatic heterocycles. The standard InChI is InChI=1S/C9H14N4OS/c14-9(8-5-15-6-11-8)10-3-1-7-2-4-12-13-7/h2,4,8,11H,1,3,5-6H2,(H,10,14)(H,12,13). The van der Waals surface area contributed by atoms with Gasteiger partial charge in [-0.15, -0.1) is 11.8 Å². The Bertz CT molecular complexity index is 308. The van der Waals surface area contributed by atoms with Gasteiger partial charge in [0.2, 0.25) is 5.91 Å². The van der Waals surface area contributed by atoms with Gasteiger partial charge in [0.25, 0.3) is 0 Å². The van der Waals surface area contributed by atoms with Crippen molar-refractivity contribution in [1.82, 2.24) is 20.8 Å². The monoisotopic (exact) mass is 226 g/mol. The van der Waals surface area contributed by atoms with Crippen molar-refractivity contribution >= 4 is 17.7 Å². The summed E-state index contributed by atoms with van der Waals surface area (Å²) < 4.78 is 0. The number of H-pyrrole nitrogens is 1. The van der Waals surface area contributed by atoms with Gasteiger partial charge >= 0.3 is 0 Å². The summed E-state index contributed by atoms with van der Waals surface area (Å²) in [5.74, 6) is 1.84. The average Bonchev–Trinajstić information content (AvgIpc) is 2.90. The Labute approximate surface area is 92.4 Å². The fourth-order valence-corrected chi connectivity index (χ4v) is 2.37. The zero-order valence-electron chi connectivity index (χ0n) is 8.32. The van der Waals surface area contributed by atoms with Crippen LogP contribution in [0.5, 0.6) is 0 Å². The summed E-state index contributed by atoms with van der Waals surface area (Å²) in [6.07, 6.45) is 2.51. The van der Waals surface area contributed by atoms with Gasteiger partial charge in [0.15, 0.2) is 0 Å². The van der Waals surface area contributed by atoms with Gasteiger partial charge in [0.1, 0.15) is 0 Å². The van der Waals surface area contributed by atoms with Crippen LogP contribution in [0.15, 0.2) is 12.3 Å². The molecular formula is C9H14N4OS. The van der Waals surface area contributed by atoms with E-state index < -0.39 is 0 Å². The predicted molar refractivity (Wildman–Crippen MR) is 59.6 cm³/mol. The number of amides is 1. The number of thioether (sulfide) groups is 1. The van der Waals surface area contributed by atoms with Crippen LogP contribution in [0.3, 0.4) is 0 Å². The Kier molecular flexibility index (Phi) is 3.63. The highest BCUT2D eigenvalue weighted by Crippen LogP contribution is 2.09. The Morgan fingerprint density at radius 1 is 1.73 bits per heavy atom. The number of nitrogens with zero attached hydrogens (tertiary/aromatic N) is 1. The molecule has 1 amide bonds. The molecule has 6 heteroatoms. The second kappa shape index (κ2) is 5.18. The summed E-state index contributed by atoms with van der Waals surface area (Å²) in [4.78, 5) is 11.6. The summed E-state index contributed by atoms with van der Waals surface area (Å²) in [6.45, 7) is 0.657. The van der Waals surface area contributed by atoms with Crippen molar-refractivity contribution in [3.05, 3.63) is 18.0 Å². The molecule has 0 aromatic carbocycles. The molecule has 0 saturated carbocycles. The van der Waals surface area contributed by atoms with E-state index in [2.05, 4.69) is 20.8 Å². The lowest BCUT2D eigenvalue weighted by Crippen LogP contribution is -2.42. The summed E-state index contributed by atoms with van der Waals surface area (Å²) in [6, 6.07) is 1.90. The molecule has 0 bridgehead atoms. The molecule has 5 nitrogen and oxygen atoms in total. The molecular weight excluding hydrogens is 212 g/mol. The zero-order valence-corrected chi connectivity index (χ0v) is 9.14. The Hall–Kier alpha value is -1.01. The number of carbonyl (C=O) groups is 1. The first kappa shape index (κ1) is 10.5. The van der Waals surface area contributed by atoms with E-state index in [4.69, 9.17) is 0 Å². The molecule has 1 aromatic heterocycles. The van der Waals surface area contributed by atoms with Crippen LogP contribution >= 0.6 is 11.8 Å².